The number of nitrogens with zero attached hydrogens (tertiary/aromatic N) is 4. The molecule has 2 aliphatic heterocycles. The highest BCUT2D eigenvalue weighted by molar-refractivity contribution is 7.22. The Morgan fingerprint density at radius 3 is 2.61 bits per heavy atom. The molecule has 2 aromatic carbocycles. The van der Waals surface area contributed by atoms with E-state index < -0.39 is 23.1 Å². The van der Waals surface area contributed by atoms with E-state index in [2.05, 4.69) is 33.2 Å². The Hall–Kier alpha value is -5.50. The van der Waals surface area contributed by atoms with Crippen molar-refractivity contribution in [1.82, 2.24) is 19.4 Å². The maximum Gasteiger partial charge on any atom is 0.271 e. The topological polar surface area (TPSA) is 108 Å². The van der Waals surface area contributed by atoms with Gasteiger partial charge >= 0.3 is 0 Å². The Morgan fingerprint density at radius 1 is 1.04 bits per heavy atom. The highest BCUT2D eigenvalue weighted by atomic mass is 32.1. The molecule has 1 N–H and O–H groups in total. The van der Waals surface area contributed by atoms with Crippen molar-refractivity contribution in [1.29, 1.82) is 0 Å². The molecule has 1 saturated heterocycles. The van der Waals surface area contributed by atoms with E-state index in [-0.39, 0.29) is 28.4 Å². The van der Waals surface area contributed by atoms with Crippen molar-refractivity contribution >= 4 is 33.1 Å². The number of aromatic nitrogens is 3. The molecular weight excluding hydrogens is 677 g/mol. The van der Waals surface area contributed by atoms with Crippen molar-refractivity contribution in [3.8, 4) is 33.5 Å². The zero-order valence-electron chi connectivity index (χ0n) is 27.6. The standard InChI is InChI=1S/C38H31F2N5O5S/c1-38(48-2)20-44(21-38)18-22-3-9-28(42-17-22)32-16-29-35(51-32)31(11-13-41-29)50-30-10-6-25(15-27(30)40)43-36(46)33-34-23(12-14-49-34)19-45(37(33)47)26-7-4-24(39)5-8-26/h3-11,13,15-17,19H,12,14,18,20-21H2,1-2H3,(H,43,46). The fourth-order valence-electron chi connectivity index (χ4n) is 6.41. The molecule has 0 radical (unpaired) electrons. The summed E-state index contributed by atoms with van der Waals surface area (Å²) in [6, 6.07) is 17.0. The van der Waals surface area contributed by atoms with Crippen LogP contribution in [0.5, 0.6) is 17.2 Å². The van der Waals surface area contributed by atoms with E-state index in [4.69, 9.17) is 14.2 Å². The maximum absolute atomic E-state index is 15.5. The minimum absolute atomic E-state index is 0.0592. The lowest BCUT2D eigenvalue weighted by Crippen LogP contribution is -2.60. The molecule has 0 atom stereocenters. The number of nitrogens with one attached hydrogen (secondary N) is 1. The summed E-state index contributed by atoms with van der Waals surface area (Å²) in [5.41, 5.74) is 2.79. The summed E-state index contributed by atoms with van der Waals surface area (Å²) >= 11 is 1.44. The predicted molar refractivity (Wildman–Crippen MR) is 189 cm³/mol. The molecule has 10 nitrogen and oxygen atoms in total. The largest absolute Gasteiger partial charge is 0.492 e. The number of fused-ring (bicyclic) bond motifs is 2. The van der Waals surface area contributed by atoms with Crippen LogP contribution in [0.25, 0.3) is 26.5 Å². The summed E-state index contributed by atoms with van der Waals surface area (Å²) in [5.74, 6) is -1.40. The minimum atomic E-state index is -0.763. The van der Waals surface area contributed by atoms with Crippen LogP contribution in [0.15, 0.2) is 90.1 Å². The van der Waals surface area contributed by atoms with E-state index in [1.54, 1.807) is 25.6 Å². The first-order valence-corrected chi connectivity index (χ1v) is 17.1. The third kappa shape index (κ3) is 6.35. The van der Waals surface area contributed by atoms with Crippen molar-refractivity contribution in [3.05, 3.63) is 124 Å². The van der Waals surface area contributed by atoms with Gasteiger partial charge in [-0.3, -0.25) is 29.0 Å². The summed E-state index contributed by atoms with van der Waals surface area (Å²) in [5, 5.41) is 2.62. The van der Waals surface area contributed by atoms with Gasteiger partial charge in [0.1, 0.15) is 22.9 Å². The van der Waals surface area contributed by atoms with Crippen molar-refractivity contribution < 1.29 is 27.8 Å². The number of pyridine rings is 3. The molecule has 51 heavy (non-hydrogen) atoms. The van der Waals surface area contributed by atoms with Gasteiger partial charge in [0.2, 0.25) is 0 Å². The van der Waals surface area contributed by atoms with Crippen molar-refractivity contribution in [3.63, 3.8) is 0 Å². The molecular formula is C38H31F2N5O5S. The van der Waals surface area contributed by atoms with E-state index in [0.717, 1.165) is 46.5 Å². The van der Waals surface area contributed by atoms with Gasteiger partial charge < -0.3 is 19.5 Å². The van der Waals surface area contributed by atoms with Crippen molar-refractivity contribution in [2.24, 2.45) is 0 Å². The number of hydrogen-bond acceptors (Lipinski definition) is 9. The van der Waals surface area contributed by atoms with Crippen LogP contribution in [0.1, 0.15) is 28.4 Å². The van der Waals surface area contributed by atoms with E-state index in [1.165, 1.54) is 52.3 Å². The number of hydrogen-bond donors (Lipinski definition) is 1. The van der Waals surface area contributed by atoms with Crippen LogP contribution >= 0.6 is 11.3 Å². The summed E-state index contributed by atoms with van der Waals surface area (Å²) in [6.07, 6.45) is 5.55. The smallest absolute Gasteiger partial charge is 0.271 e. The summed E-state index contributed by atoms with van der Waals surface area (Å²) in [4.78, 5) is 39.3. The van der Waals surface area contributed by atoms with Gasteiger partial charge in [-0.05, 0) is 61.0 Å². The fourth-order valence-corrected chi connectivity index (χ4v) is 7.45. The van der Waals surface area contributed by atoms with Crippen LogP contribution in [0.2, 0.25) is 0 Å². The van der Waals surface area contributed by atoms with Crippen LogP contribution < -0.4 is 20.3 Å². The van der Waals surface area contributed by atoms with Crippen LogP contribution in [-0.2, 0) is 17.7 Å². The second kappa shape index (κ2) is 13.0. The number of thiophene rings is 1. The number of anilines is 1. The molecule has 0 spiro atoms. The Kier molecular flexibility index (Phi) is 8.33. The molecule has 6 heterocycles. The lowest BCUT2D eigenvalue weighted by atomic mass is 9.96. The fraction of sp³-hybridized carbons (Fsp3) is 0.211. The van der Waals surface area contributed by atoms with Crippen LogP contribution in [0.4, 0.5) is 14.5 Å². The quantitative estimate of drug-likeness (QED) is 0.172. The van der Waals surface area contributed by atoms with Crippen molar-refractivity contribution in [2.75, 3.05) is 32.1 Å². The van der Waals surface area contributed by atoms with E-state index in [0.29, 0.717) is 35.5 Å². The first-order valence-electron chi connectivity index (χ1n) is 16.2. The number of ether oxygens (including phenoxy) is 3. The molecule has 0 saturated carbocycles. The highest BCUT2D eigenvalue weighted by Crippen LogP contribution is 2.39. The predicted octanol–water partition coefficient (Wildman–Crippen LogP) is 6.99. The van der Waals surface area contributed by atoms with Gasteiger partial charge in [-0.2, -0.15) is 0 Å². The number of halogens is 2. The second-order valence-electron chi connectivity index (χ2n) is 12.8. The number of rotatable bonds is 9. The van der Waals surface area contributed by atoms with E-state index in [9.17, 15) is 14.0 Å². The van der Waals surface area contributed by atoms with Gasteiger partial charge in [-0.1, -0.05) is 6.07 Å². The summed E-state index contributed by atoms with van der Waals surface area (Å²) < 4.78 is 48.2. The monoisotopic (exact) mass is 707 g/mol. The van der Waals surface area contributed by atoms with Crippen LogP contribution in [0, 0.1) is 11.6 Å². The van der Waals surface area contributed by atoms with Gasteiger partial charge in [0.25, 0.3) is 11.5 Å². The molecule has 1 fully saturated rings. The number of benzene rings is 2. The van der Waals surface area contributed by atoms with Gasteiger partial charge in [0, 0.05) is 80.8 Å². The van der Waals surface area contributed by atoms with Crippen LogP contribution in [-0.4, -0.2) is 57.7 Å². The Balaban J connectivity index is 0.990. The lowest BCUT2D eigenvalue weighted by Gasteiger charge is -2.46. The average molecular weight is 708 g/mol. The summed E-state index contributed by atoms with van der Waals surface area (Å²) in [6.45, 7) is 4.95. The molecule has 0 aliphatic carbocycles. The lowest BCUT2D eigenvalue weighted by molar-refractivity contribution is -0.114. The molecule has 1 amide bonds. The number of likely N-dealkylation sites (tertiary alicyclic amines) is 1. The third-order valence-corrected chi connectivity index (χ3v) is 10.2. The summed E-state index contributed by atoms with van der Waals surface area (Å²) in [7, 11) is 1.74. The molecule has 6 aromatic rings. The normalized spacial score (nSPS) is 14.9. The first-order chi connectivity index (χ1) is 24.7. The highest BCUT2D eigenvalue weighted by Gasteiger charge is 2.38. The van der Waals surface area contributed by atoms with E-state index in [1.807, 2.05) is 18.3 Å². The van der Waals surface area contributed by atoms with Gasteiger partial charge in [-0.25, -0.2) is 8.78 Å². The number of methoxy groups -OCH3 is 1. The SMILES string of the molecule is COC1(C)CN(Cc2ccc(-c3cc4nccc(Oc5ccc(NC(=O)c6c7c(cn(-c8ccc(F)cc8)c6=O)CCO7)cc5F)c4s3)nc2)C1. The minimum Gasteiger partial charge on any atom is -0.492 e. The average Bonchev–Trinajstić information content (AvgIpc) is 3.77. The van der Waals surface area contributed by atoms with Crippen LogP contribution in [0.3, 0.4) is 0 Å². The maximum atomic E-state index is 15.5. The zero-order chi connectivity index (χ0) is 35.3. The number of carbonyl (C=O) groups is 1. The molecule has 0 unspecified atom stereocenters. The molecule has 4 aromatic heterocycles. The van der Waals surface area contributed by atoms with Gasteiger partial charge in [0.05, 0.1) is 33.0 Å². The van der Waals surface area contributed by atoms with Crippen molar-refractivity contribution in [2.45, 2.75) is 25.5 Å². The molecule has 258 valence electrons. The Bertz CT molecular complexity index is 2350. The Morgan fingerprint density at radius 2 is 1.86 bits per heavy atom. The number of carbonyl (C=O) groups excluding carboxylic acids is 1. The molecule has 0 bridgehead atoms. The molecule has 13 heteroatoms. The van der Waals surface area contributed by atoms with E-state index >= 15 is 4.39 Å². The Labute approximate surface area is 294 Å². The second-order valence-corrected chi connectivity index (χ2v) is 13.8. The molecule has 8 rings (SSSR count). The first kappa shape index (κ1) is 32.7. The van der Waals surface area contributed by atoms with Gasteiger partial charge in [0.15, 0.2) is 11.6 Å². The molecule has 2 aliphatic rings. The van der Waals surface area contributed by atoms with Gasteiger partial charge in [-0.15, -0.1) is 11.3 Å². The third-order valence-electron chi connectivity index (χ3n) is 9.06. The zero-order valence-corrected chi connectivity index (χ0v) is 28.4. The number of amides is 1.